The van der Waals surface area contributed by atoms with Crippen molar-refractivity contribution in [2.45, 2.75) is 39.0 Å². The molecule has 1 aliphatic rings. The molecule has 0 aromatic heterocycles. The van der Waals surface area contributed by atoms with Gasteiger partial charge in [-0.3, -0.25) is 0 Å². The Balaban J connectivity index is 2.01. The van der Waals surface area contributed by atoms with E-state index in [0.717, 1.165) is 31.7 Å². The summed E-state index contributed by atoms with van der Waals surface area (Å²) in [6, 6.07) is 5.19. The lowest BCUT2D eigenvalue weighted by atomic mass is 9.79. The summed E-state index contributed by atoms with van der Waals surface area (Å²) in [5, 5.41) is 3.52. The van der Waals surface area contributed by atoms with Gasteiger partial charge in [0.25, 0.3) is 0 Å². The summed E-state index contributed by atoms with van der Waals surface area (Å²) in [4.78, 5) is 0. The van der Waals surface area contributed by atoms with Gasteiger partial charge in [-0.15, -0.1) is 0 Å². The molecule has 1 aromatic rings. The van der Waals surface area contributed by atoms with Crippen LogP contribution in [-0.4, -0.2) is 26.8 Å². The fraction of sp³-hybridized carbons (Fsp3) is 0.647. The van der Waals surface area contributed by atoms with E-state index in [4.69, 9.17) is 4.74 Å². The minimum atomic E-state index is -0.134. The number of halogens is 1. The van der Waals surface area contributed by atoms with E-state index in [9.17, 15) is 4.39 Å². The number of methoxy groups -OCH3 is 1. The van der Waals surface area contributed by atoms with Crippen LogP contribution >= 0.6 is 0 Å². The van der Waals surface area contributed by atoms with E-state index in [-0.39, 0.29) is 5.82 Å². The third-order valence-corrected chi connectivity index (χ3v) is 4.52. The van der Waals surface area contributed by atoms with Crippen LogP contribution in [0.15, 0.2) is 18.2 Å². The van der Waals surface area contributed by atoms with Crippen molar-refractivity contribution in [3.05, 3.63) is 35.1 Å². The summed E-state index contributed by atoms with van der Waals surface area (Å²) in [7, 11) is 1.73. The highest BCUT2D eigenvalue weighted by Gasteiger charge is 2.33. The van der Waals surface area contributed by atoms with Gasteiger partial charge in [0.15, 0.2) is 0 Å². The van der Waals surface area contributed by atoms with Crippen molar-refractivity contribution < 1.29 is 9.13 Å². The fourth-order valence-corrected chi connectivity index (χ4v) is 3.33. The number of benzene rings is 1. The summed E-state index contributed by atoms with van der Waals surface area (Å²) in [5.41, 5.74) is 2.71. The number of rotatable bonds is 7. The topological polar surface area (TPSA) is 21.3 Å². The third kappa shape index (κ3) is 4.03. The van der Waals surface area contributed by atoms with Gasteiger partial charge in [0.2, 0.25) is 0 Å². The summed E-state index contributed by atoms with van der Waals surface area (Å²) in [6.07, 6.45) is 6.21. The monoisotopic (exact) mass is 279 g/mol. The molecule has 0 bridgehead atoms. The second-order valence-corrected chi connectivity index (χ2v) is 6.12. The lowest BCUT2D eigenvalue weighted by molar-refractivity contribution is 0.189. The molecule has 0 saturated heterocycles. The van der Waals surface area contributed by atoms with Crippen LogP contribution < -0.4 is 5.32 Å². The van der Waals surface area contributed by atoms with E-state index in [0.29, 0.717) is 5.41 Å². The molecule has 0 aliphatic heterocycles. The van der Waals surface area contributed by atoms with Crippen LogP contribution in [0.5, 0.6) is 0 Å². The van der Waals surface area contributed by atoms with Gasteiger partial charge in [0, 0.05) is 20.2 Å². The molecule has 1 fully saturated rings. The number of hydrogen-bond donors (Lipinski definition) is 1. The van der Waals surface area contributed by atoms with E-state index in [1.54, 1.807) is 19.2 Å². The average Bonchev–Trinajstić information content (AvgIpc) is 2.87. The highest BCUT2D eigenvalue weighted by molar-refractivity contribution is 5.28. The smallest absolute Gasteiger partial charge is 0.123 e. The Kier molecular flexibility index (Phi) is 5.55. The average molecular weight is 279 g/mol. The predicted molar refractivity (Wildman–Crippen MR) is 80.5 cm³/mol. The molecule has 0 radical (unpaired) electrons. The highest BCUT2D eigenvalue weighted by Crippen LogP contribution is 2.41. The molecule has 2 nitrogen and oxygen atoms in total. The fourth-order valence-electron chi connectivity index (χ4n) is 3.33. The van der Waals surface area contributed by atoms with E-state index < -0.39 is 0 Å². The first-order valence-corrected chi connectivity index (χ1v) is 7.60. The van der Waals surface area contributed by atoms with Crippen LogP contribution in [0.4, 0.5) is 4.39 Å². The Morgan fingerprint density at radius 1 is 1.30 bits per heavy atom. The first kappa shape index (κ1) is 15.5. The van der Waals surface area contributed by atoms with Gasteiger partial charge in [-0.1, -0.05) is 18.9 Å². The van der Waals surface area contributed by atoms with E-state index in [1.165, 1.54) is 31.2 Å². The second kappa shape index (κ2) is 7.19. The first-order chi connectivity index (χ1) is 9.65. The van der Waals surface area contributed by atoms with Crippen LogP contribution in [0.25, 0.3) is 0 Å². The molecule has 20 heavy (non-hydrogen) atoms. The van der Waals surface area contributed by atoms with E-state index in [1.807, 2.05) is 13.0 Å². The summed E-state index contributed by atoms with van der Waals surface area (Å²) in [6.45, 7) is 4.71. The van der Waals surface area contributed by atoms with Crippen LogP contribution in [0.1, 0.15) is 36.8 Å². The van der Waals surface area contributed by atoms with Crippen LogP contribution in [0, 0.1) is 18.2 Å². The molecule has 0 amide bonds. The molecule has 0 spiro atoms. The Labute approximate surface area is 121 Å². The van der Waals surface area contributed by atoms with Crippen LogP contribution in [0.3, 0.4) is 0 Å². The summed E-state index contributed by atoms with van der Waals surface area (Å²) < 4.78 is 18.3. The van der Waals surface area contributed by atoms with Gasteiger partial charge in [-0.05, 0) is 54.9 Å². The minimum Gasteiger partial charge on any atom is -0.383 e. The van der Waals surface area contributed by atoms with Gasteiger partial charge in [-0.2, -0.15) is 0 Å². The van der Waals surface area contributed by atoms with Crippen molar-refractivity contribution in [2.75, 3.05) is 26.8 Å². The molecular weight excluding hydrogens is 253 g/mol. The normalized spacial score (nSPS) is 17.6. The quantitative estimate of drug-likeness (QED) is 0.772. The molecular formula is C17H26FNO. The van der Waals surface area contributed by atoms with Crippen molar-refractivity contribution in [2.24, 2.45) is 5.41 Å². The van der Waals surface area contributed by atoms with E-state index >= 15 is 0 Å². The number of nitrogens with one attached hydrogen (secondary N) is 1. The molecule has 112 valence electrons. The van der Waals surface area contributed by atoms with Crippen molar-refractivity contribution in [1.82, 2.24) is 5.32 Å². The zero-order valence-corrected chi connectivity index (χ0v) is 12.7. The van der Waals surface area contributed by atoms with Gasteiger partial charge < -0.3 is 10.1 Å². The highest BCUT2D eigenvalue weighted by atomic mass is 19.1. The van der Waals surface area contributed by atoms with Gasteiger partial charge in [0.1, 0.15) is 5.82 Å². The zero-order valence-electron chi connectivity index (χ0n) is 12.7. The maximum atomic E-state index is 13.2. The largest absolute Gasteiger partial charge is 0.383 e. The molecule has 2 rings (SSSR count). The number of hydrogen-bond acceptors (Lipinski definition) is 2. The molecule has 1 saturated carbocycles. The van der Waals surface area contributed by atoms with Gasteiger partial charge in [-0.25, -0.2) is 4.39 Å². The maximum Gasteiger partial charge on any atom is 0.123 e. The number of ether oxygens (including phenoxy) is 1. The van der Waals surface area contributed by atoms with Crippen molar-refractivity contribution >= 4 is 0 Å². The van der Waals surface area contributed by atoms with Crippen molar-refractivity contribution in [3.8, 4) is 0 Å². The lowest BCUT2D eigenvalue weighted by Gasteiger charge is -2.30. The maximum absolute atomic E-state index is 13.2. The van der Waals surface area contributed by atoms with Crippen LogP contribution in [0.2, 0.25) is 0 Å². The Hall–Kier alpha value is -0.930. The molecule has 0 heterocycles. The standard InChI is InChI=1S/C17H26FNO/c1-14-11-16(18)6-5-15(14)12-17(7-3-4-8-17)13-19-9-10-20-2/h5-6,11,19H,3-4,7-10,12-13H2,1-2H3. The molecule has 0 atom stereocenters. The SMILES string of the molecule is COCCNCC1(Cc2ccc(F)cc2C)CCCC1. The molecule has 3 heteroatoms. The zero-order chi connectivity index (χ0) is 14.4. The molecule has 1 aliphatic carbocycles. The molecule has 1 N–H and O–H groups in total. The summed E-state index contributed by atoms with van der Waals surface area (Å²) >= 11 is 0. The van der Waals surface area contributed by atoms with Gasteiger partial charge in [0.05, 0.1) is 6.61 Å². The Morgan fingerprint density at radius 3 is 2.70 bits per heavy atom. The minimum absolute atomic E-state index is 0.134. The Bertz CT molecular complexity index is 427. The molecule has 1 aromatic carbocycles. The third-order valence-electron chi connectivity index (χ3n) is 4.52. The first-order valence-electron chi connectivity index (χ1n) is 7.60. The van der Waals surface area contributed by atoms with Crippen molar-refractivity contribution in [1.29, 1.82) is 0 Å². The second-order valence-electron chi connectivity index (χ2n) is 6.12. The van der Waals surface area contributed by atoms with E-state index in [2.05, 4.69) is 5.32 Å². The van der Waals surface area contributed by atoms with Crippen molar-refractivity contribution in [3.63, 3.8) is 0 Å². The Morgan fingerprint density at radius 2 is 2.05 bits per heavy atom. The summed E-state index contributed by atoms with van der Waals surface area (Å²) in [5.74, 6) is -0.134. The van der Waals surface area contributed by atoms with Gasteiger partial charge >= 0.3 is 0 Å². The molecule has 0 unspecified atom stereocenters. The number of aryl methyl sites for hydroxylation is 1. The predicted octanol–water partition coefficient (Wildman–Crippen LogP) is 3.47. The lowest BCUT2D eigenvalue weighted by Crippen LogP contribution is -2.35. The van der Waals surface area contributed by atoms with Crippen LogP contribution in [-0.2, 0) is 11.2 Å².